The van der Waals surface area contributed by atoms with Gasteiger partial charge >= 0.3 is 15.6 Å². The van der Waals surface area contributed by atoms with Crippen LogP contribution in [0.25, 0.3) is 10.9 Å². The molecule has 1 heterocycles. The van der Waals surface area contributed by atoms with Gasteiger partial charge in [0.15, 0.2) is 0 Å². The number of unbranched alkanes of at least 4 members (excludes halogenated alkanes) is 1. The first kappa shape index (κ1) is 17.3. The molecule has 9 heteroatoms. The summed E-state index contributed by atoms with van der Waals surface area (Å²) < 4.78 is 69.0. The molecule has 126 valence electrons. The molecular formula is C14H14F3NO4S. The number of halogens is 3. The standard InChI is InChI=1S/C14H14F3NO4S/c1-2-3-8-21-12-9-13(22-23(19,20)14(15,16)17)18-11-7-5-4-6-10(11)12/h4-7,9H,2-3,8H2,1H3. The number of benzene rings is 1. The predicted molar refractivity (Wildman–Crippen MR) is 77.7 cm³/mol. The highest BCUT2D eigenvalue weighted by molar-refractivity contribution is 7.87. The van der Waals surface area contributed by atoms with Gasteiger partial charge in [-0.15, -0.1) is 0 Å². The van der Waals surface area contributed by atoms with Gasteiger partial charge in [0.25, 0.3) is 0 Å². The van der Waals surface area contributed by atoms with Crippen molar-refractivity contribution in [3.8, 4) is 11.6 Å². The molecular weight excluding hydrogens is 335 g/mol. The smallest absolute Gasteiger partial charge is 0.493 e. The third kappa shape index (κ3) is 4.04. The summed E-state index contributed by atoms with van der Waals surface area (Å²) >= 11 is 0. The molecule has 0 aliphatic heterocycles. The van der Waals surface area contributed by atoms with E-state index in [1.807, 2.05) is 6.92 Å². The van der Waals surface area contributed by atoms with Crippen molar-refractivity contribution in [2.75, 3.05) is 6.61 Å². The number of nitrogens with zero attached hydrogens (tertiary/aromatic N) is 1. The highest BCUT2D eigenvalue weighted by Crippen LogP contribution is 2.32. The quantitative estimate of drug-likeness (QED) is 0.452. The average Bonchev–Trinajstić information content (AvgIpc) is 2.46. The molecule has 5 nitrogen and oxygen atoms in total. The topological polar surface area (TPSA) is 65.5 Å². The van der Waals surface area contributed by atoms with Gasteiger partial charge in [-0.2, -0.15) is 21.6 Å². The minimum atomic E-state index is -5.78. The van der Waals surface area contributed by atoms with E-state index < -0.39 is 21.5 Å². The summed E-state index contributed by atoms with van der Waals surface area (Å²) in [6, 6.07) is 7.57. The van der Waals surface area contributed by atoms with Crippen LogP contribution in [0.2, 0.25) is 0 Å². The van der Waals surface area contributed by atoms with Gasteiger partial charge in [-0.3, -0.25) is 0 Å². The lowest BCUT2D eigenvalue weighted by atomic mass is 10.2. The molecule has 0 aliphatic carbocycles. The first-order valence-electron chi connectivity index (χ1n) is 6.78. The molecule has 1 aromatic heterocycles. The molecule has 2 aromatic rings. The van der Waals surface area contributed by atoms with Crippen LogP contribution in [0.1, 0.15) is 19.8 Å². The first-order valence-corrected chi connectivity index (χ1v) is 8.19. The lowest BCUT2D eigenvalue weighted by Gasteiger charge is -2.12. The van der Waals surface area contributed by atoms with Gasteiger partial charge in [0.05, 0.1) is 12.1 Å². The minimum Gasteiger partial charge on any atom is -0.493 e. The summed E-state index contributed by atoms with van der Waals surface area (Å²) in [5, 5.41) is 0.556. The van der Waals surface area contributed by atoms with E-state index in [1.165, 1.54) is 6.07 Å². The SMILES string of the molecule is CCCCOc1cc(OS(=O)(=O)C(F)(F)F)nc2ccccc12. The Morgan fingerprint density at radius 2 is 1.91 bits per heavy atom. The lowest BCUT2D eigenvalue weighted by Crippen LogP contribution is -2.28. The van der Waals surface area contributed by atoms with Gasteiger partial charge in [-0.1, -0.05) is 25.5 Å². The van der Waals surface area contributed by atoms with Crippen molar-refractivity contribution >= 4 is 21.0 Å². The molecule has 0 fully saturated rings. The number of hydrogen-bond donors (Lipinski definition) is 0. The summed E-state index contributed by atoms with van der Waals surface area (Å²) in [7, 11) is -5.78. The Balaban J connectivity index is 2.41. The summed E-state index contributed by atoms with van der Waals surface area (Å²) in [5.41, 5.74) is -5.25. The van der Waals surface area contributed by atoms with Crippen molar-refractivity contribution in [2.24, 2.45) is 0 Å². The second kappa shape index (κ2) is 6.61. The Kier molecular flexibility index (Phi) is 4.98. The number of rotatable bonds is 6. The summed E-state index contributed by atoms with van der Waals surface area (Å²) in [4.78, 5) is 3.78. The normalized spacial score (nSPS) is 12.3. The molecule has 0 N–H and O–H groups in total. The molecule has 23 heavy (non-hydrogen) atoms. The van der Waals surface area contributed by atoms with Crippen molar-refractivity contribution < 1.29 is 30.5 Å². The molecule has 0 atom stereocenters. The van der Waals surface area contributed by atoms with Gasteiger partial charge in [-0.05, 0) is 18.6 Å². The largest absolute Gasteiger partial charge is 0.534 e. The number of alkyl halides is 3. The van der Waals surface area contributed by atoms with E-state index in [9.17, 15) is 21.6 Å². The molecule has 0 saturated heterocycles. The fourth-order valence-corrected chi connectivity index (χ4v) is 2.17. The second-order valence-electron chi connectivity index (χ2n) is 4.66. The molecule has 0 saturated carbocycles. The average molecular weight is 349 g/mol. The summed E-state index contributed by atoms with van der Waals surface area (Å²) in [6.07, 6.45) is 1.61. The Bertz CT molecular complexity index is 790. The van der Waals surface area contributed by atoms with E-state index in [-0.39, 0.29) is 11.3 Å². The third-order valence-electron chi connectivity index (χ3n) is 2.89. The van der Waals surface area contributed by atoms with Crippen LogP contribution in [0.5, 0.6) is 11.6 Å². The van der Waals surface area contributed by atoms with Gasteiger partial charge in [0.2, 0.25) is 5.88 Å². The Morgan fingerprint density at radius 1 is 1.22 bits per heavy atom. The molecule has 0 radical (unpaired) electrons. The molecule has 2 rings (SSSR count). The van der Waals surface area contributed by atoms with Crippen LogP contribution in [0.4, 0.5) is 13.2 Å². The zero-order valence-electron chi connectivity index (χ0n) is 12.1. The molecule has 0 spiro atoms. The highest BCUT2D eigenvalue weighted by Gasteiger charge is 2.48. The number of ether oxygens (including phenoxy) is 1. The number of para-hydroxylation sites is 1. The number of pyridine rings is 1. The van der Waals surface area contributed by atoms with Crippen LogP contribution >= 0.6 is 0 Å². The monoisotopic (exact) mass is 349 g/mol. The zero-order chi connectivity index (χ0) is 17.1. The van der Waals surface area contributed by atoms with Gasteiger partial charge < -0.3 is 8.92 Å². The van der Waals surface area contributed by atoms with Crippen LogP contribution in [-0.4, -0.2) is 25.5 Å². The van der Waals surface area contributed by atoms with E-state index in [2.05, 4.69) is 9.17 Å². The fraction of sp³-hybridized carbons (Fsp3) is 0.357. The van der Waals surface area contributed by atoms with Crippen molar-refractivity contribution in [3.63, 3.8) is 0 Å². The molecule has 0 amide bonds. The van der Waals surface area contributed by atoms with E-state index >= 15 is 0 Å². The maximum atomic E-state index is 12.4. The molecule has 0 unspecified atom stereocenters. The van der Waals surface area contributed by atoms with E-state index in [0.29, 0.717) is 12.0 Å². The minimum absolute atomic E-state index is 0.219. The van der Waals surface area contributed by atoms with Gasteiger partial charge in [0.1, 0.15) is 5.75 Å². The van der Waals surface area contributed by atoms with Crippen LogP contribution < -0.4 is 8.92 Å². The fourth-order valence-electron chi connectivity index (χ4n) is 1.77. The maximum absolute atomic E-state index is 12.4. The highest BCUT2D eigenvalue weighted by atomic mass is 32.2. The van der Waals surface area contributed by atoms with Gasteiger partial charge in [0, 0.05) is 11.5 Å². The summed E-state index contributed by atoms with van der Waals surface area (Å²) in [6.45, 7) is 2.30. The Morgan fingerprint density at radius 3 is 2.57 bits per heavy atom. The molecule has 0 aliphatic rings. The van der Waals surface area contributed by atoms with Crippen molar-refractivity contribution in [2.45, 2.75) is 25.3 Å². The van der Waals surface area contributed by atoms with Crippen molar-refractivity contribution in [1.29, 1.82) is 0 Å². The van der Waals surface area contributed by atoms with E-state index in [0.717, 1.165) is 18.9 Å². The first-order chi connectivity index (χ1) is 10.7. The number of fused-ring (bicyclic) bond motifs is 1. The van der Waals surface area contributed by atoms with Crippen LogP contribution in [0, 0.1) is 0 Å². The van der Waals surface area contributed by atoms with Gasteiger partial charge in [-0.25, -0.2) is 4.98 Å². The molecule has 1 aromatic carbocycles. The Labute approximate surface area is 131 Å². The second-order valence-corrected chi connectivity index (χ2v) is 6.20. The number of aromatic nitrogens is 1. The maximum Gasteiger partial charge on any atom is 0.534 e. The van der Waals surface area contributed by atoms with Crippen LogP contribution in [0.3, 0.4) is 0 Å². The third-order valence-corrected chi connectivity index (χ3v) is 3.85. The van der Waals surface area contributed by atoms with Crippen molar-refractivity contribution in [3.05, 3.63) is 30.3 Å². The zero-order valence-corrected chi connectivity index (χ0v) is 12.9. The van der Waals surface area contributed by atoms with E-state index in [4.69, 9.17) is 4.74 Å². The van der Waals surface area contributed by atoms with Crippen molar-refractivity contribution in [1.82, 2.24) is 4.98 Å². The number of hydrogen-bond acceptors (Lipinski definition) is 5. The molecule has 0 bridgehead atoms. The Hall–Kier alpha value is -2.03. The summed E-state index contributed by atoms with van der Waals surface area (Å²) in [5.74, 6) is -0.469. The predicted octanol–water partition coefficient (Wildman–Crippen LogP) is 3.64. The van der Waals surface area contributed by atoms with Crippen LogP contribution in [0.15, 0.2) is 30.3 Å². The lowest BCUT2D eigenvalue weighted by molar-refractivity contribution is -0.0501. The van der Waals surface area contributed by atoms with Crippen LogP contribution in [-0.2, 0) is 10.1 Å². The van der Waals surface area contributed by atoms with E-state index in [1.54, 1.807) is 18.2 Å².